The Kier molecular flexibility index (Phi) is 6.94. The number of nitrogens with two attached hydrogens (primary N) is 1. The molecule has 0 saturated heterocycles. The molecule has 4 N–H and O–H groups in total. The van der Waals surface area contributed by atoms with Crippen molar-refractivity contribution >= 4 is 28.8 Å². The van der Waals surface area contributed by atoms with Gasteiger partial charge in [0, 0.05) is 29.2 Å². The minimum atomic E-state index is -0.146. The van der Waals surface area contributed by atoms with Crippen molar-refractivity contribution < 1.29 is 0 Å². The molecule has 33 heavy (non-hydrogen) atoms. The molecular formula is C25H28N8. The summed E-state index contributed by atoms with van der Waals surface area (Å²) in [6.45, 7) is 11.6. The van der Waals surface area contributed by atoms with E-state index in [0.717, 1.165) is 22.6 Å². The molecule has 8 nitrogen and oxygen atoms in total. The summed E-state index contributed by atoms with van der Waals surface area (Å²) in [4.78, 5) is 8.93. The van der Waals surface area contributed by atoms with Gasteiger partial charge in [0.15, 0.2) is 0 Å². The van der Waals surface area contributed by atoms with E-state index >= 15 is 0 Å². The molecule has 1 heterocycles. The minimum absolute atomic E-state index is 0.146. The summed E-state index contributed by atoms with van der Waals surface area (Å²) in [5.74, 6) is 0.885. The van der Waals surface area contributed by atoms with Gasteiger partial charge < -0.3 is 16.4 Å². The second kappa shape index (κ2) is 9.83. The Morgan fingerprint density at radius 2 is 1.91 bits per heavy atom. The van der Waals surface area contributed by atoms with E-state index in [9.17, 15) is 5.26 Å². The van der Waals surface area contributed by atoms with Crippen LogP contribution in [0.1, 0.15) is 33.3 Å². The number of hydrazone groups is 1. The summed E-state index contributed by atoms with van der Waals surface area (Å²) < 4.78 is 0. The lowest BCUT2D eigenvalue weighted by atomic mass is 10.0. The van der Waals surface area contributed by atoms with Crippen LogP contribution >= 0.6 is 0 Å². The van der Waals surface area contributed by atoms with Crippen molar-refractivity contribution in [1.82, 2.24) is 9.97 Å². The third kappa shape index (κ3) is 6.31. The van der Waals surface area contributed by atoms with Gasteiger partial charge in [0.2, 0.25) is 5.95 Å². The van der Waals surface area contributed by atoms with Gasteiger partial charge in [-0.3, -0.25) is 0 Å². The number of hydrogen-bond acceptors (Lipinski definition) is 7. The highest BCUT2D eigenvalue weighted by molar-refractivity contribution is 5.79. The van der Waals surface area contributed by atoms with E-state index in [4.69, 9.17) is 5.73 Å². The largest absolute Gasteiger partial charge is 0.386 e. The van der Waals surface area contributed by atoms with Crippen LogP contribution in [0.5, 0.6) is 0 Å². The van der Waals surface area contributed by atoms with Crippen LogP contribution in [0.4, 0.5) is 23.0 Å². The third-order valence-corrected chi connectivity index (χ3v) is 4.43. The van der Waals surface area contributed by atoms with Crippen molar-refractivity contribution in [2.75, 3.05) is 15.6 Å². The van der Waals surface area contributed by atoms with Gasteiger partial charge in [-0.1, -0.05) is 12.6 Å². The fraction of sp³-hybridized carbons (Fsp3) is 0.200. The van der Waals surface area contributed by atoms with Crippen molar-refractivity contribution in [3.63, 3.8) is 0 Å². The van der Waals surface area contributed by atoms with Crippen molar-refractivity contribution in [2.24, 2.45) is 10.8 Å². The van der Waals surface area contributed by atoms with Crippen LogP contribution in [0.3, 0.4) is 0 Å². The summed E-state index contributed by atoms with van der Waals surface area (Å²) in [5.41, 5.74) is 10.1. The lowest BCUT2D eigenvalue weighted by Crippen LogP contribution is -2.26. The first-order valence-corrected chi connectivity index (χ1v) is 10.4. The predicted octanol–water partition coefficient (Wildman–Crippen LogP) is 5.21. The SMILES string of the molecule is C=CN(/N=C(/C)N)c1ccc(Nc2nccc(-c3ccc(NC(C)(C)C)c(C#N)c3)n2)cc1. The Balaban J connectivity index is 1.81. The van der Waals surface area contributed by atoms with Crippen LogP contribution < -0.4 is 21.4 Å². The van der Waals surface area contributed by atoms with Crippen LogP contribution in [-0.2, 0) is 0 Å². The zero-order valence-electron chi connectivity index (χ0n) is 19.3. The van der Waals surface area contributed by atoms with Gasteiger partial charge in [0.1, 0.15) is 11.9 Å². The second-order valence-electron chi connectivity index (χ2n) is 8.45. The minimum Gasteiger partial charge on any atom is -0.386 e. The fourth-order valence-corrected chi connectivity index (χ4v) is 3.09. The van der Waals surface area contributed by atoms with Gasteiger partial charge in [0.25, 0.3) is 0 Å². The molecule has 168 valence electrons. The van der Waals surface area contributed by atoms with Crippen LogP contribution in [0, 0.1) is 11.3 Å². The number of hydrogen-bond donors (Lipinski definition) is 3. The Labute approximate surface area is 194 Å². The number of benzene rings is 2. The number of nitriles is 1. The summed E-state index contributed by atoms with van der Waals surface area (Å²) >= 11 is 0. The van der Waals surface area contributed by atoms with Gasteiger partial charge in [-0.2, -0.15) is 10.4 Å². The van der Waals surface area contributed by atoms with Gasteiger partial charge in [-0.25, -0.2) is 15.0 Å². The van der Waals surface area contributed by atoms with E-state index < -0.39 is 0 Å². The Hall–Kier alpha value is -4.38. The average molecular weight is 441 g/mol. The van der Waals surface area contributed by atoms with Crippen molar-refractivity contribution in [2.45, 2.75) is 33.2 Å². The van der Waals surface area contributed by atoms with Crippen LogP contribution in [0.25, 0.3) is 11.3 Å². The molecule has 0 aliphatic carbocycles. The number of anilines is 4. The summed E-state index contributed by atoms with van der Waals surface area (Å²) in [6.07, 6.45) is 3.27. The molecule has 0 spiro atoms. The number of aromatic nitrogens is 2. The highest BCUT2D eigenvalue weighted by atomic mass is 15.5. The highest BCUT2D eigenvalue weighted by Gasteiger charge is 2.13. The van der Waals surface area contributed by atoms with Crippen LogP contribution in [0.2, 0.25) is 0 Å². The lowest BCUT2D eigenvalue weighted by molar-refractivity contribution is 0.634. The molecule has 0 unspecified atom stereocenters. The van der Waals surface area contributed by atoms with E-state index in [2.05, 4.69) is 59.1 Å². The molecule has 2 aromatic carbocycles. The molecule has 3 rings (SSSR count). The molecule has 0 saturated carbocycles. The van der Waals surface area contributed by atoms with Crippen molar-refractivity contribution in [3.05, 3.63) is 73.1 Å². The molecule has 3 aromatic rings. The zero-order valence-corrected chi connectivity index (χ0v) is 19.3. The van der Waals surface area contributed by atoms with Gasteiger partial charge in [-0.15, -0.1) is 0 Å². The fourth-order valence-electron chi connectivity index (χ4n) is 3.09. The first kappa shape index (κ1) is 23.3. The number of amidine groups is 1. The van der Waals surface area contributed by atoms with Gasteiger partial charge in [0.05, 0.1) is 22.6 Å². The van der Waals surface area contributed by atoms with E-state index in [0.29, 0.717) is 23.0 Å². The molecule has 0 fully saturated rings. The smallest absolute Gasteiger partial charge is 0.227 e. The highest BCUT2D eigenvalue weighted by Crippen LogP contribution is 2.27. The summed E-state index contributed by atoms with van der Waals surface area (Å²) in [5, 5.41) is 22.0. The van der Waals surface area contributed by atoms with Gasteiger partial charge in [-0.05, 0) is 70.2 Å². The Morgan fingerprint density at radius 1 is 1.18 bits per heavy atom. The molecule has 0 bridgehead atoms. The quantitative estimate of drug-likeness (QED) is 0.262. The maximum atomic E-state index is 9.60. The van der Waals surface area contributed by atoms with Crippen molar-refractivity contribution in [1.29, 1.82) is 5.26 Å². The van der Waals surface area contributed by atoms with E-state index in [-0.39, 0.29) is 5.54 Å². The zero-order chi connectivity index (χ0) is 24.0. The predicted molar refractivity (Wildman–Crippen MR) is 135 cm³/mol. The molecule has 1 aromatic heterocycles. The molecular weight excluding hydrogens is 412 g/mol. The monoisotopic (exact) mass is 440 g/mol. The second-order valence-corrected chi connectivity index (χ2v) is 8.45. The topological polar surface area (TPSA) is 115 Å². The molecule has 0 radical (unpaired) electrons. The van der Waals surface area contributed by atoms with Crippen LogP contribution in [-0.4, -0.2) is 21.3 Å². The molecule has 0 atom stereocenters. The first-order chi connectivity index (χ1) is 15.7. The molecule has 8 heteroatoms. The standard InChI is InChI=1S/C25H28N8/c1-6-33(32-17(2)27)21-10-8-20(9-11-21)29-24-28-14-13-22(30-24)18-7-12-23(19(15-18)16-26)31-25(3,4)5/h6-15,31H,1H2,2-5H3,(H2,27,32)(H,28,29,30). The van der Waals surface area contributed by atoms with E-state index in [1.165, 1.54) is 0 Å². The van der Waals surface area contributed by atoms with E-state index in [1.807, 2.05) is 48.5 Å². The number of nitrogens with one attached hydrogen (secondary N) is 2. The van der Waals surface area contributed by atoms with E-state index in [1.54, 1.807) is 24.3 Å². The first-order valence-electron chi connectivity index (χ1n) is 10.4. The Bertz CT molecular complexity index is 1200. The molecule has 0 aliphatic rings. The molecule has 0 aliphatic heterocycles. The van der Waals surface area contributed by atoms with Crippen LogP contribution in [0.15, 0.2) is 72.6 Å². The summed E-state index contributed by atoms with van der Waals surface area (Å²) in [7, 11) is 0. The van der Waals surface area contributed by atoms with Crippen molar-refractivity contribution in [3.8, 4) is 17.3 Å². The number of nitrogens with zero attached hydrogens (tertiary/aromatic N) is 5. The normalized spacial score (nSPS) is 11.4. The molecule has 0 amide bonds. The van der Waals surface area contributed by atoms with Gasteiger partial charge >= 0.3 is 0 Å². The lowest BCUT2D eigenvalue weighted by Gasteiger charge is -2.23. The average Bonchev–Trinajstić information content (AvgIpc) is 2.77. The Morgan fingerprint density at radius 3 is 2.52 bits per heavy atom. The summed E-state index contributed by atoms with van der Waals surface area (Å²) in [6, 6.07) is 17.3. The number of rotatable bonds is 7. The maximum absolute atomic E-state index is 9.60. The third-order valence-electron chi connectivity index (χ3n) is 4.43. The maximum Gasteiger partial charge on any atom is 0.227 e.